The molecular formula is C13H22N2O. The maximum Gasteiger partial charge on any atom is 0.0690 e. The van der Waals surface area contributed by atoms with Crippen LogP contribution in [0.25, 0.3) is 0 Å². The minimum Gasteiger partial charge on any atom is -0.392 e. The third-order valence-electron chi connectivity index (χ3n) is 3.39. The molecule has 2 unspecified atom stereocenters. The SMILES string of the molecule is CNC1CCCCc2cn(CC(C)O)cc21. The average Bonchev–Trinajstić information content (AvgIpc) is 2.51. The molecule has 1 aromatic heterocycles. The predicted octanol–water partition coefficient (Wildman–Crippen LogP) is 1.86. The van der Waals surface area contributed by atoms with Gasteiger partial charge < -0.3 is 15.0 Å². The van der Waals surface area contributed by atoms with Crippen LogP contribution in [0.5, 0.6) is 0 Å². The highest BCUT2D eigenvalue weighted by atomic mass is 16.3. The Balaban J connectivity index is 2.23. The van der Waals surface area contributed by atoms with Crippen molar-refractivity contribution in [2.75, 3.05) is 7.05 Å². The van der Waals surface area contributed by atoms with Crippen molar-refractivity contribution in [1.29, 1.82) is 0 Å². The lowest BCUT2D eigenvalue weighted by atomic mass is 10.1. The molecule has 0 fully saturated rings. The van der Waals surface area contributed by atoms with Crippen molar-refractivity contribution in [2.24, 2.45) is 0 Å². The molecule has 3 nitrogen and oxygen atoms in total. The smallest absolute Gasteiger partial charge is 0.0690 e. The van der Waals surface area contributed by atoms with Gasteiger partial charge in [-0.25, -0.2) is 0 Å². The van der Waals surface area contributed by atoms with E-state index in [0.29, 0.717) is 12.6 Å². The van der Waals surface area contributed by atoms with Gasteiger partial charge in [-0.15, -0.1) is 0 Å². The Bertz CT molecular complexity index is 344. The van der Waals surface area contributed by atoms with Crippen molar-refractivity contribution in [1.82, 2.24) is 9.88 Å². The highest BCUT2D eigenvalue weighted by Crippen LogP contribution is 2.29. The fraction of sp³-hybridized carbons (Fsp3) is 0.692. The van der Waals surface area contributed by atoms with Gasteiger partial charge in [0.15, 0.2) is 0 Å². The van der Waals surface area contributed by atoms with Crippen molar-refractivity contribution in [2.45, 2.75) is 51.3 Å². The van der Waals surface area contributed by atoms with E-state index in [2.05, 4.69) is 22.3 Å². The van der Waals surface area contributed by atoms with Crippen LogP contribution in [0, 0.1) is 0 Å². The Morgan fingerprint density at radius 2 is 2.31 bits per heavy atom. The van der Waals surface area contributed by atoms with E-state index >= 15 is 0 Å². The molecule has 0 bridgehead atoms. The molecule has 2 atom stereocenters. The molecule has 0 aromatic carbocycles. The summed E-state index contributed by atoms with van der Waals surface area (Å²) in [5.74, 6) is 0. The summed E-state index contributed by atoms with van der Waals surface area (Å²) >= 11 is 0. The van der Waals surface area contributed by atoms with Crippen LogP contribution in [-0.4, -0.2) is 22.8 Å². The lowest BCUT2D eigenvalue weighted by molar-refractivity contribution is 0.173. The molecule has 0 saturated carbocycles. The Hall–Kier alpha value is -0.800. The van der Waals surface area contributed by atoms with Crippen LogP contribution in [0.1, 0.15) is 43.4 Å². The van der Waals surface area contributed by atoms with Gasteiger partial charge in [-0.1, -0.05) is 6.42 Å². The van der Waals surface area contributed by atoms with Gasteiger partial charge in [0.1, 0.15) is 0 Å². The molecule has 16 heavy (non-hydrogen) atoms. The Morgan fingerprint density at radius 1 is 1.50 bits per heavy atom. The van der Waals surface area contributed by atoms with Crippen LogP contribution in [0.2, 0.25) is 0 Å². The fourth-order valence-electron chi connectivity index (χ4n) is 2.63. The lowest BCUT2D eigenvalue weighted by Crippen LogP contribution is -2.16. The second-order valence-corrected chi connectivity index (χ2v) is 4.87. The molecule has 1 heterocycles. The molecule has 2 rings (SSSR count). The summed E-state index contributed by atoms with van der Waals surface area (Å²) in [4.78, 5) is 0. The quantitative estimate of drug-likeness (QED) is 0.766. The van der Waals surface area contributed by atoms with Crippen molar-refractivity contribution in [3.63, 3.8) is 0 Å². The van der Waals surface area contributed by atoms with Crippen molar-refractivity contribution >= 4 is 0 Å². The van der Waals surface area contributed by atoms with E-state index < -0.39 is 0 Å². The molecule has 0 saturated heterocycles. The minimum atomic E-state index is -0.274. The topological polar surface area (TPSA) is 37.2 Å². The van der Waals surface area contributed by atoms with Crippen LogP contribution in [0.4, 0.5) is 0 Å². The van der Waals surface area contributed by atoms with Crippen molar-refractivity contribution in [3.05, 3.63) is 23.5 Å². The van der Waals surface area contributed by atoms with Crippen LogP contribution < -0.4 is 5.32 Å². The zero-order chi connectivity index (χ0) is 11.5. The molecule has 0 spiro atoms. The zero-order valence-corrected chi connectivity index (χ0v) is 10.2. The first-order chi connectivity index (χ1) is 7.70. The number of aryl methyl sites for hydroxylation is 1. The second-order valence-electron chi connectivity index (χ2n) is 4.87. The first-order valence-corrected chi connectivity index (χ1v) is 6.24. The zero-order valence-electron chi connectivity index (χ0n) is 10.2. The fourth-order valence-corrected chi connectivity index (χ4v) is 2.63. The number of nitrogens with one attached hydrogen (secondary N) is 1. The van der Waals surface area contributed by atoms with Gasteiger partial charge in [0.05, 0.1) is 6.10 Å². The Morgan fingerprint density at radius 3 is 3.00 bits per heavy atom. The molecule has 90 valence electrons. The summed E-state index contributed by atoms with van der Waals surface area (Å²) in [5, 5.41) is 12.8. The normalized spacial score (nSPS) is 22.6. The molecule has 1 aliphatic rings. The van der Waals surface area contributed by atoms with Crippen molar-refractivity contribution in [3.8, 4) is 0 Å². The standard InChI is InChI=1S/C13H22N2O/c1-10(16)7-15-8-11-5-3-4-6-13(14-2)12(11)9-15/h8-10,13-14,16H,3-7H2,1-2H3. The molecule has 1 aromatic rings. The Labute approximate surface area is 97.5 Å². The predicted molar refractivity (Wildman–Crippen MR) is 65.5 cm³/mol. The molecule has 2 N–H and O–H groups in total. The third kappa shape index (κ3) is 2.47. The monoisotopic (exact) mass is 222 g/mol. The second kappa shape index (κ2) is 5.02. The van der Waals surface area contributed by atoms with Crippen LogP contribution in [-0.2, 0) is 13.0 Å². The highest BCUT2D eigenvalue weighted by molar-refractivity contribution is 5.29. The minimum absolute atomic E-state index is 0.274. The van der Waals surface area contributed by atoms with Crippen LogP contribution in [0.3, 0.4) is 0 Å². The van der Waals surface area contributed by atoms with Gasteiger partial charge >= 0.3 is 0 Å². The third-order valence-corrected chi connectivity index (χ3v) is 3.39. The van der Waals surface area contributed by atoms with E-state index in [0.717, 1.165) is 0 Å². The first kappa shape index (κ1) is 11.7. The van der Waals surface area contributed by atoms with Crippen LogP contribution >= 0.6 is 0 Å². The van der Waals surface area contributed by atoms with Gasteiger partial charge in [-0.05, 0) is 44.4 Å². The maximum absolute atomic E-state index is 9.41. The van der Waals surface area contributed by atoms with Gasteiger partial charge in [0, 0.05) is 25.0 Å². The number of hydrogen-bond donors (Lipinski definition) is 2. The molecular weight excluding hydrogens is 200 g/mol. The largest absolute Gasteiger partial charge is 0.392 e. The van der Waals surface area contributed by atoms with E-state index in [1.54, 1.807) is 0 Å². The van der Waals surface area contributed by atoms with Crippen LogP contribution in [0.15, 0.2) is 12.4 Å². The molecule has 0 radical (unpaired) electrons. The van der Waals surface area contributed by atoms with E-state index in [1.807, 2.05) is 14.0 Å². The number of hydrogen-bond acceptors (Lipinski definition) is 2. The number of fused-ring (bicyclic) bond motifs is 1. The van der Waals surface area contributed by atoms with E-state index in [-0.39, 0.29) is 6.10 Å². The maximum atomic E-state index is 9.41. The number of aliphatic hydroxyl groups excluding tert-OH is 1. The highest BCUT2D eigenvalue weighted by Gasteiger charge is 2.19. The van der Waals surface area contributed by atoms with Gasteiger partial charge in [-0.3, -0.25) is 0 Å². The average molecular weight is 222 g/mol. The summed E-state index contributed by atoms with van der Waals surface area (Å²) in [6.07, 6.45) is 9.12. The first-order valence-electron chi connectivity index (χ1n) is 6.24. The van der Waals surface area contributed by atoms with Gasteiger partial charge in [0.25, 0.3) is 0 Å². The summed E-state index contributed by atoms with van der Waals surface area (Å²) in [5.41, 5.74) is 2.89. The molecule has 0 aliphatic heterocycles. The number of aliphatic hydroxyl groups is 1. The Kier molecular flexibility index (Phi) is 3.66. The number of nitrogens with zero attached hydrogens (tertiary/aromatic N) is 1. The number of rotatable bonds is 3. The van der Waals surface area contributed by atoms with Crippen molar-refractivity contribution < 1.29 is 5.11 Å². The summed E-state index contributed by atoms with van der Waals surface area (Å²) < 4.78 is 2.13. The lowest BCUT2D eigenvalue weighted by Gasteiger charge is -2.13. The molecule has 1 aliphatic carbocycles. The molecule has 3 heteroatoms. The van der Waals surface area contributed by atoms with E-state index in [9.17, 15) is 5.11 Å². The molecule has 0 amide bonds. The number of aromatic nitrogens is 1. The van der Waals surface area contributed by atoms with E-state index in [1.165, 1.54) is 36.8 Å². The van der Waals surface area contributed by atoms with Gasteiger partial charge in [0.2, 0.25) is 0 Å². The summed E-state index contributed by atoms with van der Waals surface area (Å²) in [6, 6.07) is 0.493. The van der Waals surface area contributed by atoms with Gasteiger partial charge in [-0.2, -0.15) is 0 Å². The van der Waals surface area contributed by atoms with E-state index in [4.69, 9.17) is 0 Å². The summed E-state index contributed by atoms with van der Waals surface area (Å²) in [7, 11) is 2.03. The summed E-state index contributed by atoms with van der Waals surface area (Å²) in [6.45, 7) is 2.53.